The molecule has 2 amide bonds. The third-order valence-corrected chi connectivity index (χ3v) is 4.80. The van der Waals surface area contributed by atoms with Crippen molar-refractivity contribution in [2.75, 3.05) is 10.6 Å². The summed E-state index contributed by atoms with van der Waals surface area (Å²) in [4.78, 5) is 32.3. The normalized spacial score (nSPS) is 11.4. The van der Waals surface area contributed by atoms with Crippen LogP contribution in [0.5, 0.6) is 0 Å². The first-order valence-corrected chi connectivity index (χ1v) is 10.0. The van der Waals surface area contributed by atoms with Gasteiger partial charge in [0, 0.05) is 33.4 Å². The summed E-state index contributed by atoms with van der Waals surface area (Å²) in [5.74, 6) is 0.620. The van der Waals surface area contributed by atoms with Gasteiger partial charge < -0.3 is 5.32 Å². The molecule has 0 atom stereocenters. The van der Waals surface area contributed by atoms with Crippen molar-refractivity contribution in [2.24, 2.45) is 0 Å². The fraction of sp³-hybridized carbons (Fsp3) is 0.333. The maximum absolute atomic E-state index is 12.6. The van der Waals surface area contributed by atoms with Crippen molar-refractivity contribution in [3.8, 4) is 5.95 Å². The molecule has 2 aromatic heterocycles. The number of carbonyl (C=O) groups excluding carboxylic acids is 1. The van der Waals surface area contributed by atoms with E-state index in [2.05, 4.69) is 25.7 Å². The number of nitrogens with zero attached hydrogens (tertiary/aromatic N) is 3. The molecule has 1 aromatic carbocycles. The summed E-state index contributed by atoms with van der Waals surface area (Å²) in [7, 11) is 0. The van der Waals surface area contributed by atoms with E-state index in [1.807, 2.05) is 27.7 Å². The number of nitrogens with one attached hydrogen (secondary N) is 3. The number of hydrogen-bond donors (Lipinski definition) is 3. The molecular formula is C21H25ClN6O2. The highest BCUT2D eigenvalue weighted by molar-refractivity contribution is 6.30. The molecule has 3 rings (SSSR count). The number of aromatic amines is 1. The minimum Gasteiger partial charge on any atom is -0.308 e. The zero-order valence-corrected chi connectivity index (χ0v) is 18.4. The molecule has 3 aromatic rings. The van der Waals surface area contributed by atoms with Crippen LogP contribution in [-0.4, -0.2) is 25.8 Å². The minimum absolute atomic E-state index is 0.220. The summed E-state index contributed by atoms with van der Waals surface area (Å²) < 4.78 is 1.44. The lowest BCUT2D eigenvalue weighted by Crippen LogP contribution is -2.24. The summed E-state index contributed by atoms with van der Waals surface area (Å²) >= 11 is 5.97. The molecule has 2 heterocycles. The average molecular weight is 429 g/mol. The Morgan fingerprint density at radius 3 is 2.57 bits per heavy atom. The highest BCUT2D eigenvalue weighted by Gasteiger charge is 2.23. The number of aromatic nitrogens is 4. The van der Waals surface area contributed by atoms with Crippen molar-refractivity contribution in [3.05, 3.63) is 62.7 Å². The number of amides is 2. The fourth-order valence-electron chi connectivity index (χ4n) is 2.96. The Hall–Kier alpha value is -3.13. The van der Waals surface area contributed by atoms with Crippen molar-refractivity contribution < 1.29 is 4.79 Å². The molecule has 0 unspecified atom stereocenters. The smallest absolute Gasteiger partial charge is 0.308 e. The SMILES string of the molecule is CCc1c(C)nc(-n2nc(C(C)(C)C)cc2NC(=O)Nc2cccc(Cl)c2)[nH]c1=O. The van der Waals surface area contributed by atoms with E-state index in [1.165, 1.54) is 4.68 Å². The third-order valence-electron chi connectivity index (χ3n) is 4.57. The molecule has 0 radical (unpaired) electrons. The fourth-order valence-corrected chi connectivity index (χ4v) is 3.15. The van der Waals surface area contributed by atoms with Crippen molar-refractivity contribution in [2.45, 2.75) is 46.5 Å². The molecule has 158 valence electrons. The molecule has 0 spiro atoms. The highest BCUT2D eigenvalue weighted by atomic mass is 35.5. The van der Waals surface area contributed by atoms with Crippen LogP contribution >= 0.6 is 11.6 Å². The van der Waals surface area contributed by atoms with Gasteiger partial charge in [-0.25, -0.2) is 9.78 Å². The highest BCUT2D eigenvalue weighted by Crippen LogP contribution is 2.25. The van der Waals surface area contributed by atoms with E-state index in [-0.39, 0.29) is 16.9 Å². The van der Waals surface area contributed by atoms with E-state index in [4.69, 9.17) is 11.6 Å². The standard InChI is InChI=1S/C21H25ClN6O2/c1-6-15-12(2)23-19(26-18(15)29)28-17(11-16(27-28)21(3,4)5)25-20(30)24-14-9-7-8-13(22)10-14/h7-11H,6H2,1-5H3,(H,23,26,29)(H2,24,25,30). The van der Waals surface area contributed by atoms with Gasteiger partial charge in [-0.05, 0) is 31.5 Å². The number of benzene rings is 1. The van der Waals surface area contributed by atoms with Gasteiger partial charge in [-0.1, -0.05) is 45.4 Å². The summed E-state index contributed by atoms with van der Waals surface area (Å²) in [6.45, 7) is 9.72. The summed E-state index contributed by atoms with van der Waals surface area (Å²) in [6.07, 6.45) is 0.577. The molecule has 0 aliphatic carbocycles. The molecule has 0 bridgehead atoms. The maximum Gasteiger partial charge on any atom is 0.324 e. The molecule has 9 heteroatoms. The van der Waals surface area contributed by atoms with Crippen LogP contribution in [0.3, 0.4) is 0 Å². The van der Waals surface area contributed by atoms with Gasteiger partial charge in [-0.15, -0.1) is 0 Å². The van der Waals surface area contributed by atoms with E-state index in [9.17, 15) is 9.59 Å². The minimum atomic E-state index is -0.469. The quantitative estimate of drug-likeness (QED) is 0.571. The first kappa shape index (κ1) is 21.6. The van der Waals surface area contributed by atoms with Crippen molar-refractivity contribution in [1.29, 1.82) is 0 Å². The van der Waals surface area contributed by atoms with Gasteiger partial charge in [0.2, 0.25) is 5.95 Å². The van der Waals surface area contributed by atoms with Crippen molar-refractivity contribution in [1.82, 2.24) is 19.7 Å². The van der Waals surface area contributed by atoms with Crippen LogP contribution in [0.4, 0.5) is 16.3 Å². The topological polar surface area (TPSA) is 105 Å². The van der Waals surface area contributed by atoms with Crippen LogP contribution in [0.1, 0.15) is 44.6 Å². The summed E-state index contributed by atoms with van der Waals surface area (Å²) in [5.41, 5.74) is 2.04. The first-order chi connectivity index (χ1) is 14.1. The van der Waals surface area contributed by atoms with E-state index < -0.39 is 6.03 Å². The molecule has 0 fully saturated rings. The lowest BCUT2D eigenvalue weighted by Gasteiger charge is -2.14. The molecule has 3 N–H and O–H groups in total. The van der Waals surface area contributed by atoms with Gasteiger partial charge in [-0.2, -0.15) is 9.78 Å². The Labute approximate surface area is 179 Å². The Kier molecular flexibility index (Phi) is 5.98. The number of halogens is 1. The lowest BCUT2D eigenvalue weighted by atomic mass is 9.92. The van der Waals surface area contributed by atoms with Gasteiger partial charge in [0.05, 0.1) is 5.69 Å². The van der Waals surface area contributed by atoms with Crippen molar-refractivity contribution in [3.63, 3.8) is 0 Å². The third kappa shape index (κ3) is 4.71. The van der Waals surface area contributed by atoms with E-state index in [1.54, 1.807) is 37.3 Å². The molecule has 0 saturated carbocycles. The van der Waals surface area contributed by atoms with Crippen LogP contribution in [0, 0.1) is 6.92 Å². The van der Waals surface area contributed by atoms with Crippen LogP contribution in [0.2, 0.25) is 5.02 Å². The Morgan fingerprint density at radius 1 is 1.23 bits per heavy atom. The molecule has 0 aliphatic rings. The second-order valence-corrected chi connectivity index (χ2v) is 8.41. The number of H-pyrrole nitrogens is 1. The zero-order chi connectivity index (χ0) is 22.1. The second-order valence-electron chi connectivity index (χ2n) is 7.97. The monoisotopic (exact) mass is 428 g/mol. The molecular weight excluding hydrogens is 404 g/mol. The van der Waals surface area contributed by atoms with Gasteiger partial charge in [0.15, 0.2) is 0 Å². The van der Waals surface area contributed by atoms with Gasteiger partial charge >= 0.3 is 6.03 Å². The van der Waals surface area contributed by atoms with E-state index >= 15 is 0 Å². The van der Waals surface area contributed by atoms with Crippen LogP contribution in [-0.2, 0) is 11.8 Å². The Balaban J connectivity index is 1.99. The van der Waals surface area contributed by atoms with Crippen LogP contribution in [0.25, 0.3) is 5.95 Å². The zero-order valence-electron chi connectivity index (χ0n) is 17.6. The molecule has 30 heavy (non-hydrogen) atoms. The predicted octanol–water partition coefficient (Wildman–Crippen LogP) is 4.42. The van der Waals surface area contributed by atoms with Crippen LogP contribution in [0.15, 0.2) is 35.1 Å². The van der Waals surface area contributed by atoms with Gasteiger partial charge in [0.25, 0.3) is 5.56 Å². The molecule has 0 saturated heterocycles. The summed E-state index contributed by atoms with van der Waals surface area (Å²) in [6, 6.07) is 8.13. The van der Waals surface area contributed by atoms with E-state index in [0.29, 0.717) is 34.2 Å². The molecule has 8 nitrogen and oxygen atoms in total. The predicted molar refractivity (Wildman–Crippen MR) is 119 cm³/mol. The number of carbonyl (C=O) groups is 1. The number of anilines is 2. The number of hydrogen-bond acceptors (Lipinski definition) is 4. The Bertz CT molecular complexity index is 1140. The average Bonchev–Trinajstić information content (AvgIpc) is 3.05. The molecule has 0 aliphatic heterocycles. The van der Waals surface area contributed by atoms with Crippen LogP contribution < -0.4 is 16.2 Å². The number of aryl methyl sites for hydroxylation is 1. The second kappa shape index (κ2) is 8.31. The van der Waals surface area contributed by atoms with E-state index in [0.717, 1.165) is 5.69 Å². The van der Waals surface area contributed by atoms with Crippen molar-refractivity contribution >= 4 is 29.1 Å². The maximum atomic E-state index is 12.6. The Morgan fingerprint density at radius 2 is 1.97 bits per heavy atom. The van der Waals surface area contributed by atoms with Gasteiger partial charge in [-0.3, -0.25) is 15.1 Å². The largest absolute Gasteiger partial charge is 0.324 e. The lowest BCUT2D eigenvalue weighted by molar-refractivity contribution is 0.262. The van der Waals surface area contributed by atoms with Gasteiger partial charge in [0.1, 0.15) is 5.82 Å². The first-order valence-electron chi connectivity index (χ1n) is 9.62. The summed E-state index contributed by atoms with van der Waals surface area (Å²) in [5, 5.41) is 10.6. The number of rotatable bonds is 4. The number of urea groups is 1.